The standard InChI is InChI=1S/C19H16Cl2N4O/c1-12(13-5-3-2-4-6-13)24-18(26)14-10-22-19(23-11-14)25-15-7-8-16(20)17(21)9-15/h2-12H,1H3,(H,24,26)(H,22,23,25). The van der Waals surface area contributed by atoms with Gasteiger partial charge in [-0.05, 0) is 30.7 Å². The van der Waals surface area contributed by atoms with Gasteiger partial charge < -0.3 is 10.6 Å². The smallest absolute Gasteiger partial charge is 0.254 e. The van der Waals surface area contributed by atoms with Crippen LogP contribution >= 0.6 is 23.2 Å². The maximum Gasteiger partial charge on any atom is 0.254 e. The number of carbonyl (C=O) groups excluding carboxylic acids is 1. The Morgan fingerprint density at radius 3 is 2.35 bits per heavy atom. The molecule has 3 rings (SSSR count). The number of nitrogens with one attached hydrogen (secondary N) is 2. The van der Waals surface area contributed by atoms with E-state index in [2.05, 4.69) is 20.6 Å². The summed E-state index contributed by atoms with van der Waals surface area (Å²) in [6.07, 6.45) is 2.94. The zero-order chi connectivity index (χ0) is 18.5. The zero-order valence-corrected chi connectivity index (χ0v) is 15.4. The van der Waals surface area contributed by atoms with E-state index in [-0.39, 0.29) is 11.9 Å². The van der Waals surface area contributed by atoms with E-state index in [9.17, 15) is 4.79 Å². The molecule has 0 saturated heterocycles. The number of amides is 1. The summed E-state index contributed by atoms with van der Waals surface area (Å²) in [6.45, 7) is 1.92. The van der Waals surface area contributed by atoms with Gasteiger partial charge in [-0.2, -0.15) is 0 Å². The molecule has 132 valence electrons. The molecule has 0 aliphatic heterocycles. The van der Waals surface area contributed by atoms with Crippen molar-refractivity contribution in [3.63, 3.8) is 0 Å². The van der Waals surface area contributed by atoms with Crippen molar-refractivity contribution in [2.45, 2.75) is 13.0 Å². The van der Waals surface area contributed by atoms with Gasteiger partial charge in [-0.15, -0.1) is 0 Å². The highest BCUT2D eigenvalue weighted by molar-refractivity contribution is 6.42. The first kappa shape index (κ1) is 18.2. The molecule has 0 radical (unpaired) electrons. The summed E-state index contributed by atoms with van der Waals surface area (Å²) in [5.74, 6) is 0.124. The average Bonchev–Trinajstić information content (AvgIpc) is 2.66. The summed E-state index contributed by atoms with van der Waals surface area (Å²) in [6, 6.07) is 14.7. The second-order valence-corrected chi connectivity index (χ2v) is 6.47. The number of halogens is 2. The highest BCUT2D eigenvalue weighted by Gasteiger charge is 2.12. The first-order chi connectivity index (χ1) is 12.5. The molecular formula is C19H16Cl2N4O. The Hall–Kier alpha value is -2.63. The van der Waals surface area contributed by atoms with E-state index in [1.807, 2.05) is 37.3 Å². The van der Waals surface area contributed by atoms with Crippen LogP contribution in [-0.2, 0) is 0 Å². The number of hydrogen-bond acceptors (Lipinski definition) is 4. The highest BCUT2D eigenvalue weighted by Crippen LogP contribution is 2.26. The predicted octanol–water partition coefficient (Wildman–Crippen LogP) is 5.02. The highest BCUT2D eigenvalue weighted by atomic mass is 35.5. The van der Waals surface area contributed by atoms with Gasteiger partial charge in [0.2, 0.25) is 5.95 Å². The lowest BCUT2D eigenvalue weighted by molar-refractivity contribution is 0.0939. The first-order valence-electron chi connectivity index (χ1n) is 7.93. The number of nitrogens with zero attached hydrogens (tertiary/aromatic N) is 2. The first-order valence-corrected chi connectivity index (χ1v) is 8.68. The third-order valence-electron chi connectivity index (χ3n) is 3.74. The molecule has 0 saturated carbocycles. The van der Waals surface area contributed by atoms with Gasteiger partial charge in [0.25, 0.3) is 5.91 Å². The second-order valence-electron chi connectivity index (χ2n) is 5.66. The molecule has 1 heterocycles. The van der Waals surface area contributed by atoms with Gasteiger partial charge in [0.05, 0.1) is 21.7 Å². The van der Waals surface area contributed by atoms with E-state index in [1.165, 1.54) is 12.4 Å². The summed E-state index contributed by atoms with van der Waals surface area (Å²) in [5, 5.41) is 6.83. The third-order valence-corrected chi connectivity index (χ3v) is 4.48. The van der Waals surface area contributed by atoms with E-state index in [0.717, 1.165) is 5.56 Å². The van der Waals surface area contributed by atoms with Gasteiger partial charge in [-0.25, -0.2) is 9.97 Å². The minimum absolute atomic E-state index is 0.113. The summed E-state index contributed by atoms with van der Waals surface area (Å²) >= 11 is 11.9. The molecule has 0 fully saturated rings. The number of aromatic nitrogens is 2. The van der Waals surface area contributed by atoms with Crippen molar-refractivity contribution in [1.29, 1.82) is 0 Å². The van der Waals surface area contributed by atoms with Crippen LogP contribution in [0.15, 0.2) is 60.9 Å². The monoisotopic (exact) mass is 386 g/mol. The lowest BCUT2D eigenvalue weighted by Crippen LogP contribution is -2.26. The van der Waals surface area contributed by atoms with Gasteiger partial charge >= 0.3 is 0 Å². The van der Waals surface area contributed by atoms with Crippen molar-refractivity contribution in [2.75, 3.05) is 5.32 Å². The molecule has 26 heavy (non-hydrogen) atoms. The van der Waals surface area contributed by atoms with Crippen LogP contribution in [0, 0.1) is 0 Å². The van der Waals surface area contributed by atoms with Crippen LogP contribution in [0.5, 0.6) is 0 Å². The van der Waals surface area contributed by atoms with Gasteiger partial charge in [0.15, 0.2) is 0 Å². The van der Waals surface area contributed by atoms with Crippen molar-refractivity contribution in [3.8, 4) is 0 Å². The van der Waals surface area contributed by atoms with Gasteiger partial charge in [0, 0.05) is 18.1 Å². The van der Waals surface area contributed by atoms with Crippen molar-refractivity contribution in [2.24, 2.45) is 0 Å². The number of hydrogen-bond donors (Lipinski definition) is 2. The lowest BCUT2D eigenvalue weighted by Gasteiger charge is -2.14. The topological polar surface area (TPSA) is 66.9 Å². The fraction of sp³-hybridized carbons (Fsp3) is 0.105. The van der Waals surface area contributed by atoms with E-state index in [0.29, 0.717) is 27.2 Å². The number of rotatable bonds is 5. The van der Waals surface area contributed by atoms with Crippen molar-refractivity contribution < 1.29 is 4.79 Å². The summed E-state index contributed by atoms with van der Waals surface area (Å²) in [5.41, 5.74) is 2.11. The molecule has 1 unspecified atom stereocenters. The van der Waals surface area contributed by atoms with Crippen LogP contribution in [0.2, 0.25) is 10.0 Å². The molecule has 5 nitrogen and oxygen atoms in total. The normalized spacial score (nSPS) is 11.7. The Morgan fingerprint density at radius 2 is 1.69 bits per heavy atom. The quantitative estimate of drug-likeness (QED) is 0.645. The van der Waals surface area contributed by atoms with Crippen LogP contribution in [0.4, 0.5) is 11.6 Å². The molecular weight excluding hydrogens is 371 g/mol. The number of carbonyl (C=O) groups is 1. The fourth-order valence-corrected chi connectivity index (χ4v) is 2.62. The van der Waals surface area contributed by atoms with E-state index < -0.39 is 0 Å². The Kier molecular flexibility index (Phi) is 5.71. The molecule has 1 aromatic heterocycles. The maximum absolute atomic E-state index is 12.3. The molecule has 2 aromatic carbocycles. The molecule has 1 amide bonds. The number of anilines is 2. The Labute approximate surface area is 161 Å². The van der Waals surface area contributed by atoms with E-state index in [4.69, 9.17) is 23.2 Å². The van der Waals surface area contributed by atoms with Crippen LogP contribution in [0.3, 0.4) is 0 Å². The van der Waals surface area contributed by atoms with Crippen LogP contribution in [-0.4, -0.2) is 15.9 Å². The summed E-state index contributed by atoms with van der Waals surface area (Å²) in [7, 11) is 0. The van der Waals surface area contributed by atoms with Crippen molar-refractivity contribution in [1.82, 2.24) is 15.3 Å². The molecule has 1 atom stereocenters. The van der Waals surface area contributed by atoms with Gasteiger partial charge in [0.1, 0.15) is 0 Å². The Morgan fingerprint density at radius 1 is 1.00 bits per heavy atom. The maximum atomic E-state index is 12.3. The largest absolute Gasteiger partial charge is 0.345 e. The SMILES string of the molecule is CC(NC(=O)c1cnc(Nc2ccc(Cl)c(Cl)c2)nc1)c1ccccc1. The molecule has 7 heteroatoms. The number of benzene rings is 2. The molecule has 0 aliphatic rings. The summed E-state index contributed by atoms with van der Waals surface area (Å²) < 4.78 is 0. The minimum atomic E-state index is -0.234. The third kappa shape index (κ3) is 4.50. The van der Waals surface area contributed by atoms with Gasteiger partial charge in [-0.1, -0.05) is 53.5 Å². The second kappa shape index (κ2) is 8.17. The fourth-order valence-electron chi connectivity index (χ4n) is 2.32. The Bertz CT molecular complexity index is 901. The molecule has 3 aromatic rings. The Balaban J connectivity index is 1.65. The predicted molar refractivity (Wildman–Crippen MR) is 104 cm³/mol. The van der Waals surface area contributed by atoms with Gasteiger partial charge in [-0.3, -0.25) is 4.79 Å². The van der Waals surface area contributed by atoms with Crippen molar-refractivity contribution >= 4 is 40.7 Å². The van der Waals surface area contributed by atoms with Crippen LogP contribution in [0.1, 0.15) is 28.9 Å². The molecule has 0 spiro atoms. The van der Waals surface area contributed by atoms with Crippen molar-refractivity contribution in [3.05, 3.63) is 82.1 Å². The summed E-state index contributed by atoms with van der Waals surface area (Å²) in [4.78, 5) is 20.7. The molecule has 0 aliphatic carbocycles. The zero-order valence-electron chi connectivity index (χ0n) is 13.9. The average molecular weight is 387 g/mol. The minimum Gasteiger partial charge on any atom is -0.345 e. The molecule has 2 N–H and O–H groups in total. The van der Waals surface area contributed by atoms with E-state index >= 15 is 0 Å². The van der Waals surface area contributed by atoms with E-state index in [1.54, 1.807) is 18.2 Å². The van der Waals surface area contributed by atoms with Crippen LogP contribution < -0.4 is 10.6 Å². The molecule has 0 bridgehead atoms. The lowest BCUT2D eigenvalue weighted by atomic mass is 10.1. The van der Waals surface area contributed by atoms with Crippen LogP contribution in [0.25, 0.3) is 0 Å².